The van der Waals surface area contributed by atoms with Gasteiger partial charge in [0, 0.05) is 49.1 Å². The Hall–Kier alpha value is -3.83. The number of nitrogens with zero attached hydrogens (tertiary/aromatic N) is 2. The normalized spacial score (nSPS) is 18.6. The SMILES string of the molecule is CCOC(=O)CNC(=O)Nc1ccc([C@@H]2O[C@H](CN(C)CCc3ccccn3)C[C@H](c3ccc(CO)cc3)O2)cc1. The molecule has 0 saturated carbocycles. The van der Waals surface area contributed by atoms with E-state index >= 15 is 0 Å². The summed E-state index contributed by atoms with van der Waals surface area (Å²) in [4.78, 5) is 30.3. The topological polar surface area (TPSA) is 122 Å². The summed E-state index contributed by atoms with van der Waals surface area (Å²) in [6.45, 7) is 3.31. The number of carbonyl (C=O) groups excluding carboxylic acids is 2. The number of ether oxygens (including phenoxy) is 3. The highest BCUT2D eigenvalue weighted by molar-refractivity contribution is 5.91. The fourth-order valence-corrected chi connectivity index (χ4v) is 4.59. The largest absolute Gasteiger partial charge is 0.465 e. The molecule has 1 aliphatic rings. The molecule has 1 saturated heterocycles. The number of esters is 1. The van der Waals surface area contributed by atoms with Gasteiger partial charge < -0.3 is 34.9 Å². The molecule has 0 aliphatic carbocycles. The first-order valence-corrected chi connectivity index (χ1v) is 13.8. The number of aliphatic hydroxyl groups is 1. The molecule has 2 aromatic carbocycles. The Labute approximate surface area is 240 Å². The molecule has 1 fully saturated rings. The number of rotatable bonds is 12. The zero-order chi connectivity index (χ0) is 29.0. The number of hydrogen-bond donors (Lipinski definition) is 3. The Morgan fingerprint density at radius 1 is 1.05 bits per heavy atom. The minimum atomic E-state index is -0.604. The standard InChI is InChI=1S/C31H38N4O6/c1-3-39-29(37)19-33-31(38)34-26-13-11-24(12-14-26)30-40-27(20-35(2)17-15-25-6-4-5-16-32-25)18-28(41-30)23-9-7-22(21-36)8-10-23/h4-14,16,27-28,30,36H,3,15,17-21H2,1-2H3,(H2,33,34,38)/t27-,28+,30+/m0/s1. The van der Waals surface area contributed by atoms with Gasteiger partial charge in [0.25, 0.3) is 0 Å². The summed E-state index contributed by atoms with van der Waals surface area (Å²) in [6, 6.07) is 20.5. The molecule has 3 atom stereocenters. The second-order valence-electron chi connectivity index (χ2n) is 9.92. The number of urea groups is 1. The van der Waals surface area contributed by atoms with E-state index in [1.165, 1.54) is 0 Å². The number of likely N-dealkylation sites (N-methyl/N-ethyl adjacent to an activating group) is 1. The van der Waals surface area contributed by atoms with E-state index in [2.05, 4.69) is 27.6 Å². The van der Waals surface area contributed by atoms with Crippen molar-refractivity contribution in [1.82, 2.24) is 15.2 Å². The Bertz CT molecular complexity index is 1240. The van der Waals surface area contributed by atoms with Crippen molar-refractivity contribution in [1.29, 1.82) is 0 Å². The Morgan fingerprint density at radius 3 is 2.49 bits per heavy atom. The average molecular weight is 563 g/mol. The minimum absolute atomic E-state index is 0.0114. The summed E-state index contributed by atoms with van der Waals surface area (Å²) in [6.07, 6.45) is 2.46. The van der Waals surface area contributed by atoms with Gasteiger partial charge in [-0.1, -0.05) is 42.5 Å². The summed E-state index contributed by atoms with van der Waals surface area (Å²) in [5.74, 6) is -0.498. The molecule has 10 nitrogen and oxygen atoms in total. The Kier molecular flexibility index (Phi) is 11.2. The highest BCUT2D eigenvalue weighted by Crippen LogP contribution is 2.38. The van der Waals surface area contributed by atoms with E-state index in [9.17, 15) is 14.7 Å². The fraction of sp³-hybridized carbons (Fsp3) is 0.387. The first-order chi connectivity index (χ1) is 19.9. The van der Waals surface area contributed by atoms with Crippen LogP contribution < -0.4 is 10.6 Å². The van der Waals surface area contributed by atoms with Crippen molar-refractivity contribution < 1.29 is 28.9 Å². The summed E-state index contributed by atoms with van der Waals surface area (Å²) in [7, 11) is 2.08. The predicted octanol–water partition coefficient (Wildman–Crippen LogP) is 3.98. The van der Waals surface area contributed by atoms with Crippen LogP contribution in [0, 0.1) is 0 Å². The fourth-order valence-electron chi connectivity index (χ4n) is 4.59. The van der Waals surface area contributed by atoms with Crippen LogP contribution in [0.4, 0.5) is 10.5 Å². The molecule has 0 bridgehead atoms. The van der Waals surface area contributed by atoms with Gasteiger partial charge in [-0.3, -0.25) is 9.78 Å². The molecule has 1 aromatic heterocycles. The number of amides is 2. The van der Waals surface area contributed by atoms with Crippen LogP contribution in [0.5, 0.6) is 0 Å². The van der Waals surface area contributed by atoms with Crippen molar-refractivity contribution >= 4 is 17.7 Å². The highest BCUT2D eigenvalue weighted by atomic mass is 16.7. The third-order valence-electron chi connectivity index (χ3n) is 6.75. The summed E-state index contributed by atoms with van der Waals surface area (Å²) < 4.78 is 17.7. The van der Waals surface area contributed by atoms with Crippen molar-refractivity contribution in [2.45, 2.75) is 44.9 Å². The van der Waals surface area contributed by atoms with E-state index in [1.54, 1.807) is 19.1 Å². The van der Waals surface area contributed by atoms with Crippen LogP contribution in [0.1, 0.15) is 48.1 Å². The van der Waals surface area contributed by atoms with Gasteiger partial charge in [0.15, 0.2) is 6.29 Å². The summed E-state index contributed by atoms with van der Waals surface area (Å²) >= 11 is 0. The van der Waals surface area contributed by atoms with Gasteiger partial charge in [0.1, 0.15) is 6.54 Å². The number of aliphatic hydroxyl groups excluding tert-OH is 1. The number of nitrogens with one attached hydrogen (secondary N) is 2. The van der Waals surface area contributed by atoms with Gasteiger partial charge in [-0.2, -0.15) is 0 Å². The number of anilines is 1. The minimum Gasteiger partial charge on any atom is -0.465 e. The van der Waals surface area contributed by atoms with Gasteiger partial charge in [0.05, 0.1) is 25.4 Å². The predicted molar refractivity (Wildman–Crippen MR) is 154 cm³/mol. The molecule has 2 amide bonds. The van der Waals surface area contributed by atoms with Crippen LogP contribution in [0.25, 0.3) is 0 Å². The van der Waals surface area contributed by atoms with Gasteiger partial charge in [-0.25, -0.2) is 4.79 Å². The molecule has 0 unspecified atom stereocenters. The molecule has 10 heteroatoms. The lowest BCUT2D eigenvalue weighted by Crippen LogP contribution is -2.38. The monoisotopic (exact) mass is 562 g/mol. The maximum atomic E-state index is 12.1. The lowest BCUT2D eigenvalue weighted by molar-refractivity contribution is -0.252. The van der Waals surface area contributed by atoms with Crippen molar-refractivity contribution in [3.05, 3.63) is 95.3 Å². The van der Waals surface area contributed by atoms with Gasteiger partial charge in [-0.05, 0) is 49.4 Å². The maximum Gasteiger partial charge on any atom is 0.325 e. The van der Waals surface area contributed by atoms with E-state index in [1.807, 2.05) is 60.8 Å². The molecule has 218 valence electrons. The number of hydrogen-bond acceptors (Lipinski definition) is 8. The summed E-state index contributed by atoms with van der Waals surface area (Å²) in [5, 5.41) is 14.6. The molecule has 0 radical (unpaired) electrons. The molecular formula is C31H38N4O6. The smallest absolute Gasteiger partial charge is 0.325 e. The first-order valence-electron chi connectivity index (χ1n) is 13.8. The van der Waals surface area contributed by atoms with Crippen LogP contribution in [0.2, 0.25) is 0 Å². The van der Waals surface area contributed by atoms with E-state index < -0.39 is 18.3 Å². The second-order valence-corrected chi connectivity index (χ2v) is 9.92. The zero-order valence-electron chi connectivity index (χ0n) is 23.5. The molecule has 3 N–H and O–H groups in total. The summed E-state index contributed by atoms with van der Waals surface area (Å²) in [5.41, 5.74) is 4.30. The molecule has 41 heavy (non-hydrogen) atoms. The van der Waals surface area contributed by atoms with Crippen LogP contribution in [-0.2, 0) is 32.0 Å². The van der Waals surface area contributed by atoms with Crippen molar-refractivity contribution in [3.8, 4) is 0 Å². The van der Waals surface area contributed by atoms with E-state index in [-0.39, 0.29) is 32.0 Å². The lowest BCUT2D eigenvalue weighted by atomic mass is 9.99. The number of aromatic nitrogens is 1. The van der Waals surface area contributed by atoms with Crippen molar-refractivity contribution in [3.63, 3.8) is 0 Å². The number of pyridine rings is 1. The first kappa shape index (κ1) is 30.1. The molecule has 1 aliphatic heterocycles. The van der Waals surface area contributed by atoms with Crippen LogP contribution in [-0.4, -0.2) is 66.4 Å². The maximum absolute atomic E-state index is 12.1. The Morgan fingerprint density at radius 2 is 1.80 bits per heavy atom. The molecule has 4 rings (SSSR count). The second kappa shape index (κ2) is 15.2. The van der Waals surface area contributed by atoms with Crippen LogP contribution in [0.3, 0.4) is 0 Å². The van der Waals surface area contributed by atoms with Gasteiger partial charge in [-0.15, -0.1) is 0 Å². The molecule has 2 heterocycles. The van der Waals surface area contributed by atoms with E-state index in [0.717, 1.165) is 41.9 Å². The quantitative estimate of drug-likeness (QED) is 0.284. The lowest BCUT2D eigenvalue weighted by Gasteiger charge is -2.38. The van der Waals surface area contributed by atoms with E-state index in [4.69, 9.17) is 14.2 Å². The van der Waals surface area contributed by atoms with Gasteiger partial charge >= 0.3 is 12.0 Å². The van der Waals surface area contributed by atoms with Crippen molar-refractivity contribution in [2.75, 3.05) is 38.6 Å². The van der Waals surface area contributed by atoms with E-state index in [0.29, 0.717) is 12.1 Å². The zero-order valence-corrected chi connectivity index (χ0v) is 23.5. The van der Waals surface area contributed by atoms with Gasteiger partial charge in [0.2, 0.25) is 0 Å². The molecule has 0 spiro atoms. The van der Waals surface area contributed by atoms with Crippen molar-refractivity contribution in [2.24, 2.45) is 0 Å². The van der Waals surface area contributed by atoms with Crippen LogP contribution in [0.15, 0.2) is 72.9 Å². The third-order valence-corrected chi connectivity index (χ3v) is 6.75. The third kappa shape index (κ3) is 9.36. The number of carbonyl (C=O) groups is 2. The van der Waals surface area contributed by atoms with Crippen LogP contribution >= 0.6 is 0 Å². The molecule has 3 aromatic rings. The Balaban J connectivity index is 1.41. The average Bonchev–Trinajstić information content (AvgIpc) is 3.00. The highest BCUT2D eigenvalue weighted by Gasteiger charge is 2.32. The molecular weight excluding hydrogens is 524 g/mol. The number of benzene rings is 2.